The van der Waals surface area contributed by atoms with Gasteiger partial charge in [0.1, 0.15) is 0 Å². The third kappa shape index (κ3) is 3.80. The highest BCUT2D eigenvalue weighted by molar-refractivity contribution is 5.76. The molecule has 0 unspecified atom stereocenters. The molecule has 1 fully saturated rings. The van der Waals surface area contributed by atoms with E-state index in [2.05, 4.69) is 37.4 Å². The van der Waals surface area contributed by atoms with Crippen LogP contribution in [-0.2, 0) is 11.2 Å². The first-order chi connectivity index (χ1) is 9.18. The van der Waals surface area contributed by atoms with Crippen molar-refractivity contribution in [3.63, 3.8) is 0 Å². The molecule has 104 valence electrons. The van der Waals surface area contributed by atoms with Crippen molar-refractivity contribution in [2.45, 2.75) is 33.1 Å². The average molecular weight is 260 g/mol. The van der Waals surface area contributed by atoms with Crippen LogP contribution in [0.2, 0.25) is 0 Å². The Kier molecular flexibility index (Phi) is 4.97. The Morgan fingerprint density at radius 3 is 2.68 bits per heavy atom. The summed E-state index contributed by atoms with van der Waals surface area (Å²) >= 11 is 0. The molecule has 0 radical (unpaired) electrons. The maximum Gasteiger partial charge on any atom is 0.222 e. The number of nitrogens with zero attached hydrogens (tertiary/aromatic N) is 1. The molecule has 0 atom stereocenters. The Hall–Kier alpha value is -1.35. The van der Waals surface area contributed by atoms with E-state index < -0.39 is 0 Å². The van der Waals surface area contributed by atoms with Gasteiger partial charge in [0.05, 0.1) is 0 Å². The molecule has 2 rings (SSSR count). The number of benzene rings is 1. The van der Waals surface area contributed by atoms with Gasteiger partial charge in [-0.1, -0.05) is 18.2 Å². The van der Waals surface area contributed by atoms with Crippen LogP contribution in [0.4, 0.5) is 0 Å². The Balaban J connectivity index is 1.92. The molecule has 1 saturated heterocycles. The second-order valence-electron chi connectivity index (χ2n) is 5.35. The zero-order valence-corrected chi connectivity index (χ0v) is 12.0. The molecule has 0 aromatic heterocycles. The lowest BCUT2D eigenvalue weighted by atomic mass is 9.98. The maximum atomic E-state index is 12.2. The predicted octanol–water partition coefficient (Wildman–Crippen LogP) is 2.06. The monoisotopic (exact) mass is 260 g/mol. The molecule has 1 aromatic carbocycles. The van der Waals surface area contributed by atoms with Crippen LogP contribution in [0, 0.1) is 13.8 Å². The highest BCUT2D eigenvalue weighted by atomic mass is 16.2. The van der Waals surface area contributed by atoms with E-state index >= 15 is 0 Å². The van der Waals surface area contributed by atoms with Crippen molar-refractivity contribution >= 4 is 5.91 Å². The molecule has 0 spiro atoms. The van der Waals surface area contributed by atoms with Crippen molar-refractivity contribution in [1.29, 1.82) is 0 Å². The molecular weight excluding hydrogens is 236 g/mol. The molecule has 1 heterocycles. The molecule has 1 aromatic rings. The van der Waals surface area contributed by atoms with E-state index in [1.54, 1.807) is 0 Å². The molecule has 0 bridgehead atoms. The van der Waals surface area contributed by atoms with E-state index in [0.29, 0.717) is 12.3 Å². The van der Waals surface area contributed by atoms with Crippen molar-refractivity contribution in [3.8, 4) is 0 Å². The quantitative estimate of drug-likeness (QED) is 0.902. The van der Waals surface area contributed by atoms with Crippen molar-refractivity contribution < 1.29 is 4.79 Å². The highest BCUT2D eigenvalue weighted by Crippen LogP contribution is 2.16. The minimum absolute atomic E-state index is 0.298. The molecule has 1 aliphatic rings. The molecule has 19 heavy (non-hydrogen) atoms. The predicted molar refractivity (Wildman–Crippen MR) is 78.3 cm³/mol. The van der Waals surface area contributed by atoms with Crippen molar-refractivity contribution in [2.24, 2.45) is 0 Å². The fraction of sp³-hybridized carbons (Fsp3) is 0.562. The molecule has 3 heteroatoms. The van der Waals surface area contributed by atoms with E-state index in [1.165, 1.54) is 16.7 Å². The smallest absolute Gasteiger partial charge is 0.222 e. The number of hydrogen-bond donors (Lipinski definition) is 1. The van der Waals surface area contributed by atoms with Gasteiger partial charge in [-0.3, -0.25) is 4.79 Å². The van der Waals surface area contributed by atoms with Crippen LogP contribution in [0.25, 0.3) is 0 Å². The number of carbonyl (C=O) groups is 1. The van der Waals surface area contributed by atoms with Crippen LogP contribution < -0.4 is 5.32 Å². The zero-order chi connectivity index (χ0) is 13.7. The summed E-state index contributed by atoms with van der Waals surface area (Å²) in [5.41, 5.74) is 3.93. The van der Waals surface area contributed by atoms with Gasteiger partial charge in [0.2, 0.25) is 5.91 Å². The Labute approximate surface area is 116 Å². The standard InChI is InChI=1S/C16H24N2O/c1-13-5-3-6-14(2)15(13)7-8-16(19)18-11-4-9-17-10-12-18/h3,5-6,17H,4,7-12H2,1-2H3. The fourth-order valence-electron chi connectivity index (χ4n) is 2.73. The van der Waals surface area contributed by atoms with Gasteiger partial charge in [-0.2, -0.15) is 0 Å². The Morgan fingerprint density at radius 2 is 1.95 bits per heavy atom. The Bertz CT molecular complexity index is 414. The number of rotatable bonds is 3. The summed E-state index contributed by atoms with van der Waals surface area (Å²) in [6, 6.07) is 6.34. The van der Waals surface area contributed by atoms with Gasteiger partial charge in [0.25, 0.3) is 0 Å². The number of amides is 1. The van der Waals surface area contributed by atoms with Gasteiger partial charge in [-0.25, -0.2) is 0 Å². The second kappa shape index (κ2) is 6.71. The maximum absolute atomic E-state index is 12.2. The second-order valence-corrected chi connectivity index (χ2v) is 5.35. The topological polar surface area (TPSA) is 32.3 Å². The van der Waals surface area contributed by atoms with E-state index in [1.807, 2.05) is 4.90 Å². The summed E-state index contributed by atoms with van der Waals surface area (Å²) in [4.78, 5) is 14.3. The van der Waals surface area contributed by atoms with Crippen LogP contribution in [0.3, 0.4) is 0 Å². The highest BCUT2D eigenvalue weighted by Gasteiger charge is 2.15. The molecule has 0 aliphatic carbocycles. The first-order valence-electron chi connectivity index (χ1n) is 7.22. The lowest BCUT2D eigenvalue weighted by molar-refractivity contribution is -0.130. The van der Waals surface area contributed by atoms with E-state index in [0.717, 1.165) is 39.0 Å². The molecule has 1 N–H and O–H groups in total. The Morgan fingerprint density at radius 1 is 1.21 bits per heavy atom. The summed E-state index contributed by atoms with van der Waals surface area (Å²) in [5.74, 6) is 0.298. The fourth-order valence-corrected chi connectivity index (χ4v) is 2.73. The SMILES string of the molecule is Cc1cccc(C)c1CCC(=O)N1CCCNCC1. The van der Waals surface area contributed by atoms with E-state index in [4.69, 9.17) is 0 Å². The number of nitrogens with one attached hydrogen (secondary N) is 1. The number of aryl methyl sites for hydroxylation is 2. The van der Waals surface area contributed by atoms with Crippen molar-refractivity contribution in [2.75, 3.05) is 26.2 Å². The van der Waals surface area contributed by atoms with Gasteiger partial charge >= 0.3 is 0 Å². The molecular formula is C16H24N2O. The van der Waals surface area contributed by atoms with Crippen LogP contribution in [0.15, 0.2) is 18.2 Å². The first-order valence-corrected chi connectivity index (χ1v) is 7.22. The number of hydrogen-bond acceptors (Lipinski definition) is 2. The minimum Gasteiger partial charge on any atom is -0.341 e. The van der Waals surface area contributed by atoms with Crippen LogP contribution in [0.1, 0.15) is 29.5 Å². The largest absolute Gasteiger partial charge is 0.341 e. The van der Waals surface area contributed by atoms with Crippen LogP contribution >= 0.6 is 0 Å². The van der Waals surface area contributed by atoms with Crippen LogP contribution in [0.5, 0.6) is 0 Å². The zero-order valence-electron chi connectivity index (χ0n) is 12.0. The molecule has 1 amide bonds. The van der Waals surface area contributed by atoms with Crippen molar-refractivity contribution in [3.05, 3.63) is 34.9 Å². The third-order valence-corrected chi connectivity index (χ3v) is 3.93. The number of carbonyl (C=O) groups excluding carboxylic acids is 1. The van der Waals surface area contributed by atoms with Gasteiger partial charge in [-0.15, -0.1) is 0 Å². The van der Waals surface area contributed by atoms with Gasteiger partial charge in [0, 0.05) is 26.1 Å². The summed E-state index contributed by atoms with van der Waals surface area (Å²) in [6.45, 7) is 7.96. The van der Waals surface area contributed by atoms with Gasteiger partial charge < -0.3 is 10.2 Å². The summed E-state index contributed by atoms with van der Waals surface area (Å²) in [5, 5.41) is 3.33. The lowest BCUT2D eigenvalue weighted by Gasteiger charge is -2.20. The molecule has 3 nitrogen and oxygen atoms in total. The van der Waals surface area contributed by atoms with E-state index in [9.17, 15) is 4.79 Å². The molecule has 1 aliphatic heterocycles. The first kappa shape index (κ1) is 14.1. The summed E-state index contributed by atoms with van der Waals surface area (Å²) < 4.78 is 0. The van der Waals surface area contributed by atoms with Gasteiger partial charge in [0.15, 0.2) is 0 Å². The normalized spacial score (nSPS) is 16.2. The summed E-state index contributed by atoms with van der Waals surface area (Å²) in [7, 11) is 0. The minimum atomic E-state index is 0.298. The van der Waals surface area contributed by atoms with Crippen molar-refractivity contribution in [1.82, 2.24) is 10.2 Å². The van der Waals surface area contributed by atoms with Gasteiger partial charge in [-0.05, 0) is 49.9 Å². The lowest BCUT2D eigenvalue weighted by Crippen LogP contribution is -2.34. The summed E-state index contributed by atoms with van der Waals surface area (Å²) in [6.07, 6.45) is 2.56. The van der Waals surface area contributed by atoms with Crippen LogP contribution in [-0.4, -0.2) is 37.0 Å². The van der Waals surface area contributed by atoms with E-state index in [-0.39, 0.29) is 0 Å². The molecule has 0 saturated carbocycles. The third-order valence-electron chi connectivity index (χ3n) is 3.93. The average Bonchev–Trinajstić information content (AvgIpc) is 2.66.